The molecule has 0 unspecified atom stereocenters. The van der Waals surface area contributed by atoms with Crippen molar-refractivity contribution in [3.63, 3.8) is 0 Å². The molecule has 1 amide bonds. The summed E-state index contributed by atoms with van der Waals surface area (Å²) in [5.74, 6) is 0.727. The van der Waals surface area contributed by atoms with Crippen LogP contribution in [0.3, 0.4) is 0 Å². The molecule has 0 aromatic carbocycles. The number of carbonyl (C=O) groups excluding carboxylic acids is 1. The maximum Gasteiger partial charge on any atom is 0.223 e. The van der Waals surface area contributed by atoms with E-state index in [0.29, 0.717) is 18.9 Å². The lowest BCUT2D eigenvalue weighted by Gasteiger charge is -2.41. The summed E-state index contributed by atoms with van der Waals surface area (Å²) >= 11 is 0. The monoisotopic (exact) mass is 362 g/mol. The number of rotatable bonds is 3. The molecule has 0 bridgehead atoms. The fourth-order valence-electron chi connectivity index (χ4n) is 4.82. The minimum atomic E-state index is 0.279. The minimum Gasteiger partial charge on any atom is -0.370 e. The van der Waals surface area contributed by atoms with E-state index in [1.165, 1.54) is 35.2 Å². The van der Waals surface area contributed by atoms with Crippen LogP contribution in [0.5, 0.6) is 0 Å². The Kier molecular flexibility index (Phi) is 4.10. The number of anilines is 1. The average molecular weight is 362 g/mol. The van der Waals surface area contributed by atoms with Crippen molar-refractivity contribution in [3.05, 3.63) is 52.6 Å². The van der Waals surface area contributed by atoms with Gasteiger partial charge in [-0.2, -0.15) is 0 Å². The second kappa shape index (κ2) is 6.63. The zero-order valence-corrected chi connectivity index (χ0v) is 15.9. The Morgan fingerprint density at radius 3 is 2.81 bits per heavy atom. The standard InChI is InChI=1S/C22H26N4O/c1-15-18-6-2-3-7-20(18)24-21-14-26(13-19(15)21)22(27)9-16-11-25(12-16)17-5-4-8-23-10-17/h4-5,8,10,16H,2-3,6-7,9,11-14H2,1H3. The third kappa shape index (κ3) is 2.99. The predicted octanol–water partition coefficient (Wildman–Crippen LogP) is 3.03. The van der Waals surface area contributed by atoms with E-state index in [2.05, 4.69) is 22.9 Å². The van der Waals surface area contributed by atoms with Crippen molar-refractivity contribution < 1.29 is 4.79 Å². The quantitative estimate of drug-likeness (QED) is 0.842. The summed E-state index contributed by atoms with van der Waals surface area (Å²) in [5, 5.41) is 0. The molecule has 0 saturated carbocycles. The van der Waals surface area contributed by atoms with Crippen molar-refractivity contribution in [1.29, 1.82) is 0 Å². The molecule has 5 nitrogen and oxygen atoms in total. The Hall–Kier alpha value is -2.43. The van der Waals surface area contributed by atoms with Crippen LogP contribution in [0.1, 0.15) is 47.3 Å². The molecule has 2 aromatic heterocycles. The molecule has 4 heterocycles. The van der Waals surface area contributed by atoms with Gasteiger partial charge in [0.25, 0.3) is 0 Å². The molecule has 2 aromatic rings. The molecular weight excluding hydrogens is 336 g/mol. The molecule has 0 atom stereocenters. The SMILES string of the molecule is Cc1c2c(nc3c1CN(C(=O)CC1CN(c4cccnc4)C1)C3)CCCC2. The molecule has 0 radical (unpaired) electrons. The lowest BCUT2D eigenvalue weighted by atomic mass is 9.90. The van der Waals surface area contributed by atoms with E-state index in [0.717, 1.165) is 43.9 Å². The maximum atomic E-state index is 12.9. The Morgan fingerprint density at radius 1 is 1.15 bits per heavy atom. The van der Waals surface area contributed by atoms with Gasteiger partial charge in [-0.3, -0.25) is 14.8 Å². The third-order valence-corrected chi connectivity index (χ3v) is 6.44. The molecular formula is C22H26N4O. The van der Waals surface area contributed by atoms with Gasteiger partial charge in [0.05, 0.1) is 24.1 Å². The number of aromatic nitrogens is 2. The number of hydrogen-bond donors (Lipinski definition) is 0. The van der Waals surface area contributed by atoms with E-state index in [-0.39, 0.29) is 5.91 Å². The molecule has 1 saturated heterocycles. The van der Waals surface area contributed by atoms with Crippen molar-refractivity contribution >= 4 is 11.6 Å². The number of aryl methyl sites for hydroxylation is 1. The van der Waals surface area contributed by atoms with Gasteiger partial charge < -0.3 is 9.80 Å². The van der Waals surface area contributed by atoms with Gasteiger partial charge >= 0.3 is 0 Å². The zero-order valence-electron chi connectivity index (χ0n) is 15.9. The first-order valence-electron chi connectivity index (χ1n) is 10.1. The number of nitrogens with zero attached hydrogens (tertiary/aromatic N) is 4. The fraction of sp³-hybridized carbons (Fsp3) is 0.500. The highest BCUT2D eigenvalue weighted by atomic mass is 16.2. The predicted molar refractivity (Wildman–Crippen MR) is 104 cm³/mol. The van der Waals surface area contributed by atoms with E-state index in [4.69, 9.17) is 4.98 Å². The van der Waals surface area contributed by atoms with Gasteiger partial charge in [0.15, 0.2) is 0 Å². The van der Waals surface area contributed by atoms with E-state index < -0.39 is 0 Å². The van der Waals surface area contributed by atoms with Gasteiger partial charge in [-0.15, -0.1) is 0 Å². The molecule has 140 valence electrons. The van der Waals surface area contributed by atoms with Gasteiger partial charge in [-0.1, -0.05) is 0 Å². The van der Waals surface area contributed by atoms with Crippen LogP contribution in [-0.4, -0.2) is 33.9 Å². The summed E-state index contributed by atoms with van der Waals surface area (Å²) in [6.45, 7) is 5.57. The zero-order chi connectivity index (χ0) is 18.4. The van der Waals surface area contributed by atoms with Crippen LogP contribution in [0.2, 0.25) is 0 Å². The van der Waals surface area contributed by atoms with Crippen LogP contribution in [0, 0.1) is 12.8 Å². The summed E-state index contributed by atoms with van der Waals surface area (Å²) < 4.78 is 0. The van der Waals surface area contributed by atoms with E-state index in [1.807, 2.05) is 17.2 Å². The number of pyridine rings is 2. The van der Waals surface area contributed by atoms with Gasteiger partial charge in [0, 0.05) is 43.9 Å². The van der Waals surface area contributed by atoms with Gasteiger partial charge in [0.1, 0.15) is 0 Å². The fourth-order valence-corrected chi connectivity index (χ4v) is 4.82. The summed E-state index contributed by atoms with van der Waals surface area (Å²) in [5.41, 5.74) is 7.76. The molecule has 0 spiro atoms. The molecule has 5 rings (SSSR count). The Labute approximate surface area is 160 Å². The van der Waals surface area contributed by atoms with Crippen molar-refractivity contribution in [2.75, 3.05) is 18.0 Å². The molecule has 3 aliphatic rings. The summed E-state index contributed by atoms with van der Waals surface area (Å²) in [6, 6.07) is 4.04. The Balaban J connectivity index is 1.22. The van der Waals surface area contributed by atoms with Crippen LogP contribution in [0.15, 0.2) is 24.5 Å². The topological polar surface area (TPSA) is 49.3 Å². The highest BCUT2D eigenvalue weighted by Gasteiger charge is 2.33. The number of amides is 1. The Bertz CT molecular complexity index is 874. The smallest absolute Gasteiger partial charge is 0.223 e. The highest BCUT2D eigenvalue weighted by molar-refractivity contribution is 5.77. The normalized spacial score (nSPS) is 18.9. The number of hydrogen-bond acceptors (Lipinski definition) is 4. The molecule has 1 fully saturated rings. The van der Waals surface area contributed by atoms with Crippen LogP contribution >= 0.6 is 0 Å². The molecule has 27 heavy (non-hydrogen) atoms. The van der Waals surface area contributed by atoms with Crippen molar-refractivity contribution in [1.82, 2.24) is 14.9 Å². The molecule has 1 aliphatic carbocycles. The summed E-state index contributed by atoms with van der Waals surface area (Å²) in [4.78, 5) is 26.3. The molecule has 2 aliphatic heterocycles. The minimum absolute atomic E-state index is 0.279. The van der Waals surface area contributed by atoms with Gasteiger partial charge in [0.2, 0.25) is 5.91 Å². The summed E-state index contributed by atoms with van der Waals surface area (Å²) in [6.07, 6.45) is 9.10. The largest absolute Gasteiger partial charge is 0.370 e. The van der Waals surface area contributed by atoms with Gasteiger partial charge in [-0.05, 0) is 61.4 Å². The lowest BCUT2D eigenvalue weighted by molar-refractivity contribution is -0.133. The van der Waals surface area contributed by atoms with Crippen molar-refractivity contribution in [3.8, 4) is 0 Å². The van der Waals surface area contributed by atoms with Crippen molar-refractivity contribution in [2.45, 2.75) is 52.1 Å². The first-order valence-corrected chi connectivity index (χ1v) is 10.1. The van der Waals surface area contributed by atoms with E-state index in [1.54, 1.807) is 6.20 Å². The first kappa shape index (κ1) is 16.7. The van der Waals surface area contributed by atoms with Crippen LogP contribution in [-0.2, 0) is 30.7 Å². The van der Waals surface area contributed by atoms with Crippen LogP contribution in [0.4, 0.5) is 5.69 Å². The average Bonchev–Trinajstić information content (AvgIpc) is 3.09. The second-order valence-corrected chi connectivity index (χ2v) is 8.23. The summed E-state index contributed by atoms with van der Waals surface area (Å²) in [7, 11) is 0. The van der Waals surface area contributed by atoms with Crippen molar-refractivity contribution in [2.24, 2.45) is 5.92 Å². The second-order valence-electron chi connectivity index (χ2n) is 8.23. The third-order valence-electron chi connectivity index (χ3n) is 6.44. The van der Waals surface area contributed by atoms with E-state index in [9.17, 15) is 4.79 Å². The van der Waals surface area contributed by atoms with Crippen LogP contribution < -0.4 is 4.90 Å². The molecule has 5 heteroatoms. The number of carbonyl (C=O) groups is 1. The van der Waals surface area contributed by atoms with Gasteiger partial charge in [-0.25, -0.2) is 0 Å². The maximum absolute atomic E-state index is 12.9. The first-order chi connectivity index (χ1) is 13.2. The molecule has 0 N–H and O–H groups in total. The highest BCUT2D eigenvalue weighted by Crippen LogP contribution is 2.33. The Morgan fingerprint density at radius 2 is 2.00 bits per heavy atom. The lowest BCUT2D eigenvalue weighted by Crippen LogP contribution is -2.48. The van der Waals surface area contributed by atoms with Crippen LogP contribution in [0.25, 0.3) is 0 Å². The van der Waals surface area contributed by atoms with E-state index >= 15 is 0 Å². The number of fused-ring (bicyclic) bond motifs is 2.